The number of carbonyl (C=O) groups excluding carboxylic acids is 1. The Kier molecular flexibility index (Phi) is 5.85. The molecule has 150 valence electrons. The first-order valence-electron chi connectivity index (χ1n) is 9.72. The van der Waals surface area contributed by atoms with Crippen molar-refractivity contribution in [2.75, 3.05) is 13.7 Å². The Hall–Kier alpha value is -3.93. The maximum Gasteiger partial charge on any atom is 0.251 e. The molecule has 0 saturated heterocycles. The third-order valence-corrected chi connectivity index (χ3v) is 4.82. The number of aromatic amines is 1. The Bertz CT molecular complexity index is 1120. The molecule has 6 heteroatoms. The molecule has 30 heavy (non-hydrogen) atoms. The van der Waals surface area contributed by atoms with Crippen LogP contribution in [0.1, 0.15) is 16.1 Å². The van der Waals surface area contributed by atoms with Crippen molar-refractivity contribution in [1.29, 1.82) is 0 Å². The second-order valence-corrected chi connectivity index (χ2v) is 6.77. The van der Waals surface area contributed by atoms with Crippen molar-refractivity contribution in [3.05, 3.63) is 90.3 Å². The highest BCUT2D eigenvalue weighted by molar-refractivity contribution is 6.00. The fourth-order valence-electron chi connectivity index (χ4n) is 3.23. The minimum atomic E-state index is -0.129. The highest BCUT2D eigenvalue weighted by atomic mass is 16.5. The number of nitrogens with one attached hydrogen (secondary N) is 2. The van der Waals surface area contributed by atoms with Crippen molar-refractivity contribution in [1.82, 2.24) is 20.5 Å². The van der Waals surface area contributed by atoms with Crippen LogP contribution >= 0.6 is 0 Å². The SMILES string of the molecule is COc1ccc(-c2cc(-c3ccccc3C(=O)NCCc3ccccn3)n[nH]2)cc1. The van der Waals surface area contributed by atoms with Crippen LogP contribution in [0.2, 0.25) is 0 Å². The monoisotopic (exact) mass is 398 g/mol. The third-order valence-electron chi connectivity index (χ3n) is 4.82. The quantitative estimate of drug-likeness (QED) is 0.491. The first kappa shape index (κ1) is 19.4. The van der Waals surface area contributed by atoms with Crippen LogP contribution in [0.25, 0.3) is 22.5 Å². The molecule has 2 aromatic carbocycles. The van der Waals surface area contributed by atoms with E-state index in [-0.39, 0.29) is 5.91 Å². The van der Waals surface area contributed by atoms with Gasteiger partial charge >= 0.3 is 0 Å². The molecule has 1 amide bonds. The van der Waals surface area contributed by atoms with E-state index in [1.165, 1.54) is 0 Å². The number of amides is 1. The molecule has 0 unspecified atom stereocenters. The molecule has 0 aliphatic carbocycles. The maximum atomic E-state index is 12.8. The lowest BCUT2D eigenvalue weighted by Crippen LogP contribution is -2.26. The van der Waals surface area contributed by atoms with Crippen LogP contribution in [0, 0.1) is 0 Å². The van der Waals surface area contributed by atoms with Gasteiger partial charge in [-0.15, -0.1) is 0 Å². The second kappa shape index (κ2) is 9.05. The Morgan fingerprint density at radius 1 is 1.03 bits per heavy atom. The molecule has 0 atom stereocenters. The summed E-state index contributed by atoms with van der Waals surface area (Å²) in [5.74, 6) is 0.668. The Balaban J connectivity index is 1.50. The van der Waals surface area contributed by atoms with Gasteiger partial charge in [0.15, 0.2) is 0 Å². The number of hydrogen-bond donors (Lipinski definition) is 2. The van der Waals surface area contributed by atoms with Gasteiger partial charge in [-0.1, -0.05) is 24.3 Å². The molecule has 6 nitrogen and oxygen atoms in total. The number of rotatable bonds is 7. The van der Waals surface area contributed by atoms with Gasteiger partial charge in [-0.2, -0.15) is 5.10 Å². The molecule has 2 N–H and O–H groups in total. The largest absolute Gasteiger partial charge is 0.497 e. The number of aromatic nitrogens is 3. The normalized spacial score (nSPS) is 10.6. The van der Waals surface area contributed by atoms with Crippen molar-refractivity contribution in [3.63, 3.8) is 0 Å². The number of hydrogen-bond acceptors (Lipinski definition) is 4. The predicted octanol–water partition coefficient (Wildman–Crippen LogP) is 4.12. The molecule has 0 aliphatic rings. The van der Waals surface area contributed by atoms with Gasteiger partial charge < -0.3 is 10.1 Å². The number of ether oxygens (including phenoxy) is 1. The minimum Gasteiger partial charge on any atom is -0.497 e. The van der Waals surface area contributed by atoms with E-state index in [1.54, 1.807) is 13.3 Å². The van der Waals surface area contributed by atoms with Crippen molar-refractivity contribution in [2.24, 2.45) is 0 Å². The minimum absolute atomic E-state index is 0.129. The number of carbonyl (C=O) groups is 1. The average molecular weight is 398 g/mol. The summed E-state index contributed by atoms with van der Waals surface area (Å²) in [7, 11) is 1.64. The molecular formula is C24H22N4O2. The molecule has 0 bridgehead atoms. The van der Waals surface area contributed by atoms with Crippen LogP contribution in [-0.2, 0) is 6.42 Å². The van der Waals surface area contributed by atoms with Gasteiger partial charge in [-0.25, -0.2) is 0 Å². The first-order chi connectivity index (χ1) is 14.7. The topological polar surface area (TPSA) is 79.9 Å². The van der Waals surface area contributed by atoms with E-state index in [4.69, 9.17) is 4.74 Å². The first-order valence-corrected chi connectivity index (χ1v) is 9.72. The number of methoxy groups -OCH3 is 1. The van der Waals surface area contributed by atoms with Gasteiger partial charge in [-0.3, -0.25) is 14.9 Å². The zero-order valence-corrected chi connectivity index (χ0v) is 16.6. The zero-order chi connectivity index (χ0) is 20.8. The number of benzene rings is 2. The lowest BCUT2D eigenvalue weighted by molar-refractivity contribution is 0.0954. The summed E-state index contributed by atoms with van der Waals surface area (Å²) in [6.45, 7) is 0.516. The van der Waals surface area contributed by atoms with Crippen LogP contribution < -0.4 is 10.1 Å². The molecule has 4 aromatic rings. The molecule has 0 radical (unpaired) electrons. The fourth-order valence-corrected chi connectivity index (χ4v) is 3.23. The highest BCUT2D eigenvalue weighted by Crippen LogP contribution is 2.27. The van der Waals surface area contributed by atoms with Crippen LogP contribution in [0.3, 0.4) is 0 Å². The van der Waals surface area contributed by atoms with E-state index in [1.807, 2.05) is 72.8 Å². The third kappa shape index (κ3) is 4.38. The van der Waals surface area contributed by atoms with Gasteiger partial charge in [0.05, 0.1) is 18.5 Å². The van der Waals surface area contributed by atoms with E-state index in [2.05, 4.69) is 20.5 Å². The molecular weight excluding hydrogens is 376 g/mol. The summed E-state index contributed by atoms with van der Waals surface area (Å²) < 4.78 is 5.21. The van der Waals surface area contributed by atoms with Crippen molar-refractivity contribution >= 4 is 5.91 Å². The van der Waals surface area contributed by atoms with E-state index < -0.39 is 0 Å². The van der Waals surface area contributed by atoms with E-state index >= 15 is 0 Å². The maximum absolute atomic E-state index is 12.8. The molecule has 2 heterocycles. The van der Waals surface area contributed by atoms with E-state index in [0.717, 1.165) is 34.0 Å². The summed E-state index contributed by atoms with van der Waals surface area (Å²) in [4.78, 5) is 17.1. The summed E-state index contributed by atoms with van der Waals surface area (Å²) in [6.07, 6.45) is 2.43. The predicted molar refractivity (Wildman–Crippen MR) is 116 cm³/mol. The Labute approximate surface area is 175 Å². The molecule has 4 rings (SSSR count). The van der Waals surface area contributed by atoms with Crippen molar-refractivity contribution in [2.45, 2.75) is 6.42 Å². The lowest BCUT2D eigenvalue weighted by atomic mass is 10.0. The fraction of sp³-hybridized carbons (Fsp3) is 0.125. The number of H-pyrrole nitrogens is 1. The van der Waals surface area contributed by atoms with Crippen molar-refractivity contribution in [3.8, 4) is 28.3 Å². The zero-order valence-electron chi connectivity index (χ0n) is 16.6. The van der Waals surface area contributed by atoms with E-state index in [9.17, 15) is 4.79 Å². The van der Waals surface area contributed by atoms with Gasteiger partial charge in [0.2, 0.25) is 0 Å². The average Bonchev–Trinajstić information content (AvgIpc) is 3.30. The standard InChI is InChI=1S/C24H22N4O2/c1-30-19-11-9-17(10-12-19)22-16-23(28-27-22)20-7-2-3-8-21(20)24(29)26-15-13-18-6-4-5-14-25-18/h2-12,14,16H,13,15H2,1H3,(H,26,29)(H,27,28). The Morgan fingerprint density at radius 2 is 1.83 bits per heavy atom. The van der Waals surface area contributed by atoms with E-state index in [0.29, 0.717) is 18.5 Å². The number of pyridine rings is 1. The smallest absolute Gasteiger partial charge is 0.251 e. The summed E-state index contributed by atoms with van der Waals surface area (Å²) in [5.41, 5.74) is 4.90. The van der Waals surface area contributed by atoms with Crippen LogP contribution in [0.15, 0.2) is 79.0 Å². The molecule has 0 saturated carbocycles. The highest BCUT2D eigenvalue weighted by Gasteiger charge is 2.15. The molecule has 2 aromatic heterocycles. The number of nitrogens with zero attached hydrogens (tertiary/aromatic N) is 2. The van der Waals surface area contributed by atoms with Gasteiger partial charge in [-0.05, 0) is 54.1 Å². The van der Waals surface area contributed by atoms with Gasteiger partial charge in [0.25, 0.3) is 5.91 Å². The van der Waals surface area contributed by atoms with Crippen LogP contribution in [-0.4, -0.2) is 34.7 Å². The molecule has 0 fully saturated rings. The van der Waals surface area contributed by atoms with Crippen LogP contribution in [0.5, 0.6) is 5.75 Å². The molecule has 0 aliphatic heterocycles. The van der Waals surface area contributed by atoms with Crippen LogP contribution in [0.4, 0.5) is 0 Å². The van der Waals surface area contributed by atoms with Crippen molar-refractivity contribution < 1.29 is 9.53 Å². The summed E-state index contributed by atoms with van der Waals surface area (Å²) in [5, 5.41) is 10.5. The lowest BCUT2D eigenvalue weighted by Gasteiger charge is -2.08. The van der Waals surface area contributed by atoms with Gasteiger partial charge in [0.1, 0.15) is 5.75 Å². The van der Waals surface area contributed by atoms with Gasteiger partial charge in [0, 0.05) is 36.0 Å². The summed E-state index contributed by atoms with van der Waals surface area (Å²) >= 11 is 0. The Morgan fingerprint density at radius 3 is 2.60 bits per heavy atom. The second-order valence-electron chi connectivity index (χ2n) is 6.77. The molecule has 0 spiro atoms. The summed E-state index contributed by atoms with van der Waals surface area (Å²) in [6, 6.07) is 22.9.